The molecule has 0 heterocycles. The molecular weight excluding hydrogens is 378 g/mol. The summed E-state index contributed by atoms with van der Waals surface area (Å²) in [6.07, 6.45) is 1.17. The minimum Gasteiger partial charge on any atom is -0.365 e. The zero-order chi connectivity index (χ0) is 9.40. The van der Waals surface area contributed by atoms with Crippen LogP contribution in [-0.4, -0.2) is 17.1 Å². The maximum Gasteiger partial charge on any atom is 0.119 e. The smallest absolute Gasteiger partial charge is 0.119 e. The molecule has 1 unspecified atom stereocenters. The molecule has 0 aliphatic carbocycles. The van der Waals surface area contributed by atoms with Crippen molar-refractivity contribution in [1.29, 1.82) is 0 Å². The van der Waals surface area contributed by atoms with Crippen LogP contribution in [0, 0.1) is 15.8 Å². The van der Waals surface area contributed by atoms with E-state index >= 15 is 0 Å². The average Bonchev–Trinajstić information content (AvgIpc) is 2.00. The highest BCUT2D eigenvalue weighted by atomic mass is 127. The standard InChI is InChI=1S/C9H14I2O/c1-8(2)7-9(3-4-10)12-6-5-11/h8-9H,5-7H2,1-2H3. The third kappa shape index (κ3) is 7.62. The molecule has 0 spiro atoms. The summed E-state index contributed by atoms with van der Waals surface area (Å²) in [5.41, 5.74) is 0. The molecule has 0 fully saturated rings. The van der Waals surface area contributed by atoms with Crippen LogP contribution in [0.4, 0.5) is 0 Å². The Bertz CT molecular complexity index is 158. The molecular formula is C9H14I2O. The molecule has 3 heteroatoms. The van der Waals surface area contributed by atoms with Gasteiger partial charge in [0, 0.05) is 27.0 Å². The summed E-state index contributed by atoms with van der Waals surface area (Å²) >= 11 is 4.37. The molecule has 0 rings (SSSR count). The third-order valence-electron chi connectivity index (χ3n) is 1.30. The van der Waals surface area contributed by atoms with Crippen LogP contribution in [0.2, 0.25) is 0 Å². The first kappa shape index (κ1) is 13.0. The Morgan fingerprint density at radius 2 is 2.08 bits per heavy atom. The summed E-state index contributed by atoms with van der Waals surface area (Å²) in [6.45, 7) is 5.19. The molecule has 0 saturated carbocycles. The molecule has 0 aromatic rings. The van der Waals surface area contributed by atoms with E-state index in [0.29, 0.717) is 5.92 Å². The van der Waals surface area contributed by atoms with E-state index in [0.717, 1.165) is 17.5 Å². The Balaban J connectivity index is 3.75. The summed E-state index contributed by atoms with van der Waals surface area (Å²) in [7, 11) is 0. The highest BCUT2D eigenvalue weighted by molar-refractivity contribution is 14.1. The zero-order valence-electron chi connectivity index (χ0n) is 7.44. The van der Waals surface area contributed by atoms with Gasteiger partial charge in [-0.1, -0.05) is 42.4 Å². The van der Waals surface area contributed by atoms with Gasteiger partial charge < -0.3 is 4.74 Å². The van der Waals surface area contributed by atoms with Gasteiger partial charge in [-0.2, -0.15) is 0 Å². The molecule has 0 aromatic carbocycles. The topological polar surface area (TPSA) is 9.23 Å². The normalized spacial score (nSPS) is 12.4. The van der Waals surface area contributed by atoms with Gasteiger partial charge in [0.25, 0.3) is 0 Å². The monoisotopic (exact) mass is 392 g/mol. The molecule has 70 valence electrons. The van der Waals surface area contributed by atoms with Crippen LogP contribution in [0.5, 0.6) is 0 Å². The first-order valence-electron chi connectivity index (χ1n) is 3.99. The molecule has 0 aliphatic rings. The van der Waals surface area contributed by atoms with Crippen molar-refractivity contribution >= 4 is 45.2 Å². The van der Waals surface area contributed by atoms with Gasteiger partial charge in [0.05, 0.1) is 6.61 Å². The summed E-state index contributed by atoms with van der Waals surface area (Å²) in [5.74, 6) is 3.71. The quantitative estimate of drug-likeness (QED) is 0.397. The van der Waals surface area contributed by atoms with Crippen LogP contribution in [-0.2, 0) is 4.74 Å². The van der Waals surface area contributed by atoms with Gasteiger partial charge in [-0.05, 0) is 16.3 Å². The third-order valence-corrected chi connectivity index (χ3v) is 2.05. The first-order valence-corrected chi connectivity index (χ1v) is 6.59. The van der Waals surface area contributed by atoms with Crippen molar-refractivity contribution in [2.24, 2.45) is 5.92 Å². The summed E-state index contributed by atoms with van der Waals surface area (Å²) in [6, 6.07) is 0. The lowest BCUT2D eigenvalue weighted by atomic mass is 10.1. The largest absolute Gasteiger partial charge is 0.365 e. The lowest BCUT2D eigenvalue weighted by Crippen LogP contribution is -2.14. The van der Waals surface area contributed by atoms with E-state index in [4.69, 9.17) is 4.74 Å². The summed E-state index contributed by atoms with van der Waals surface area (Å²) in [4.78, 5) is 0. The maximum absolute atomic E-state index is 5.56. The first-order chi connectivity index (χ1) is 5.70. The number of alkyl halides is 1. The van der Waals surface area contributed by atoms with Crippen molar-refractivity contribution in [1.82, 2.24) is 0 Å². The molecule has 0 bridgehead atoms. The minimum atomic E-state index is 0.136. The predicted molar refractivity (Wildman–Crippen MR) is 69.9 cm³/mol. The summed E-state index contributed by atoms with van der Waals surface area (Å²) in [5, 5.41) is 0. The number of halogens is 2. The van der Waals surface area contributed by atoms with Crippen LogP contribution in [0.1, 0.15) is 20.3 Å². The van der Waals surface area contributed by atoms with Gasteiger partial charge in [0.1, 0.15) is 6.10 Å². The van der Waals surface area contributed by atoms with E-state index < -0.39 is 0 Å². The fraction of sp³-hybridized carbons (Fsp3) is 0.778. The Labute approximate surface area is 102 Å². The van der Waals surface area contributed by atoms with Crippen molar-refractivity contribution in [3.8, 4) is 9.85 Å². The van der Waals surface area contributed by atoms with Gasteiger partial charge in [0.2, 0.25) is 0 Å². The Morgan fingerprint density at radius 1 is 1.42 bits per heavy atom. The SMILES string of the molecule is CC(C)CC(C#CI)OCCI. The molecule has 12 heavy (non-hydrogen) atoms. The van der Waals surface area contributed by atoms with Crippen LogP contribution < -0.4 is 0 Å². The van der Waals surface area contributed by atoms with Crippen molar-refractivity contribution in [2.75, 3.05) is 11.0 Å². The van der Waals surface area contributed by atoms with Gasteiger partial charge in [-0.15, -0.1) is 0 Å². The van der Waals surface area contributed by atoms with Gasteiger partial charge in [0.15, 0.2) is 0 Å². The Hall–Kier alpha value is 0.980. The number of hydrogen-bond donors (Lipinski definition) is 0. The zero-order valence-corrected chi connectivity index (χ0v) is 11.8. The number of ether oxygens (including phenoxy) is 1. The summed E-state index contributed by atoms with van der Waals surface area (Å²) < 4.78 is 9.47. The molecule has 1 atom stereocenters. The molecule has 0 saturated heterocycles. The van der Waals surface area contributed by atoms with Crippen molar-refractivity contribution < 1.29 is 4.74 Å². The average molecular weight is 392 g/mol. The molecule has 0 aliphatic heterocycles. The fourth-order valence-electron chi connectivity index (χ4n) is 0.844. The number of rotatable bonds is 5. The van der Waals surface area contributed by atoms with Crippen LogP contribution in [0.3, 0.4) is 0 Å². The Kier molecular flexibility index (Phi) is 9.27. The van der Waals surface area contributed by atoms with Crippen molar-refractivity contribution in [3.05, 3.63) is 0 Å². The van der Waals surface area contributed by atoms with Gasteiger partial charge in [-0.3, -0.25) is 0 Å². The van der Waals surface area contributed by atoms with E-state index in [2.05, 4.69) is 68.9 Å². The molecule has 0 amide bonds. The molecule has 0 aromatic heterocycles. The second kappa shape index (κ2) is 8.57. The lowest BCUT2D eigenvalue weighted by molar-refractivity contribution is 0.0912. The van der Waals surface area contributed by atoms with E-state index in [-0.39, 0.29) is 6.10 Å². The maximum atomic E-state index is 5.56. The van der Waals surface area contributed by atoms with Gasteiger partial charge >= 0.3 is 0 Å². The van der Waals surface area contributed by atoms with Crippen LogP contribution >= 0.6 is 45.2 Å². The van der Waals surface area contributed by atoms with E-state index in [9.17, 15) is 0 Å². The number of hydrogen-bond acceptors (Lipinski definition) is 1. The van der Waals surface area contributed by atoms with Gasteiger partial charge in [-0.25, -0.2) is 0 Å². The van der Waals surface area contributed by atoms with E-state index in [1.54, 1.807) is 0 Å². The van der Waals surface area contributed by atoms with E-state index in [1.807, 2.05) is 0 Å². The van der Waals surface area contributed by atoms with Crippen molar-refractivity contribution in [3.63, 3.8) is 0 Å². The van der Waals surface area contributed by atoms with Crippen LogP contribution in [0.15, 0.2) is 0 Å². The predicted octanol–water partition coefficient (Wildman–Crippen LogP) is 3.25. The minimum absolute atomic E-state index is 0.136. The second-order valence-electron chi connectivity index (χ2n) is 2.92. The molecule has 0 N–H and O–H groups in total. The highest BCUT2D eigenvalue weighted by Crippen LogP contribution is 2.07. The second-order valence-corrected chi connectivity index (χ2v) is 4.53. The lowest BCUT2D eigenvalue weighted by Gasteiger charge is -2.13. The Morgan fingerprint density at radius 3 is 2.50 bits per heavy atom. The highest BCUT2D eigenvalue weighted by Gasteiger charge is 2.07. The fourth-order valence-corrected chi connectivity index (χ4v) is 1.45. The van der Waals surface area contributed by atoms with E-state index in [1.165, 1.54) is 0 Å². The van der Waals surface area contributed by atoms with Crippen molar-refractivity contribution in [2.45, 2.75) is 26.4 Å². The molecule has 1 nitrogen and oxygen atoms in total. The van der Waals surface area contributed by atoms with Crippen LogP contribution in [0.25, 0.3) is 0 Å². The molecule has 0 radical (unpaired) electrons.